The molecule has 2 heterocycles. The van der Waals surface area contributed by atoms with Gasteiger partial charge in [0.1, 0.15) is 5.00 Å². The third kappa shape index (κ3) is 2.46. The van der Waals surface area contributed by atoms with Crippen LogP contribution in [0.3, 0.4) is 0 Å². The van der Waals surface area contributed by atoms with Crippen LogP contribution in [0.5, 0.6) is 0 Å². The summed E-state index contributed by atoms with van der Waals surface area (Å²) >= 11 is 1.34. The minimum Gasteiger partial charge on any atom is -0.465 e. The Balaban J connectivity index is 2.35. The van der Waals surface area contributed by atoms with E-state index in [1.54, 1.807) is 13.0 Å². The van der Waals surface area contributed by atoms with E-state index in [-0.39, 0.29) is 11.7 Å². The first-order chi connectivity index (χ1) is 9.45. The van der Waals surface area contributed by atoms with Crippen LogP contribution in [0.2, 0.25) is 0 Å². The van der Waals surface area contributed by atoms with E-state index in [2.05, 4.69) is 5.32 Å². The number of rotatable bonds is 3. The van der Waals surface area contributed by atoms with Gasteiger partial charge in [-0.25, -0.2) is 4.79 Å². The number of furan rings is 1. The molecule has 0 unspecified atom stereocenters. The number of esters is 1. The van der Waals surface area contributed by atoms with Gasteiger partial charge in [0.05, 0.1) is 18.9 Å². The Labute approximate surface area is 120 Å². The van der Waals surface area contributed by atoms with Crippen molar-refractivity contribution < 1.29 is 18.7 Å². The molecule has 0 saturated heterocycles. The molecule has 5 nitrogen and oxygen atoms in total. The van der Waals surface area contributed by atoms with Crippen LogP contribution in [0.25, 0.3) is 0 Å². The normalized spacial score (nSPS) is 10.4. The van der Waals surface area contributed by atoms with Gasteiger partial charge in [-0.1, -0.05) is 0 Å². The number of amides is 1. The van der Waals surface area contributed by atoms with Gasteiger partial charge in [0.15, 0.2) is 5.76 Å². The Bertz CT molecular complexity index is 669. The second-order valence-corrected chi connectivity index (χ2v) is 5.59. The SMILES string of the molecule is COC(=O)c1c(NC(=O)c2occc2C)sc(C)c1C. The van der Waals surface area contributed by atoms with Crippen molar-refractivity contribution in [3.05, 3.63) is 39.7 Å². The standard InChI is InChI=1S/C14H15NO4S/c1-7-5-6-19-11(7)12(16)15-13-10(14(17)18-4)8(2)9(3)20-13/h5-6H,1-4H3,(H,15,16). The number of nitrogens with one attached hydrogen (secondary N) is 1. The number of anilines is 1. The molecule has 0 aliphatic rings. The molecule has 0 aliphatic carbocycles. The molecule has 1 amide bonds. The van der Waals surface area contributed by atoms with Crippen molar-refractivity contribution in [1.29, 1.82) is 0 Å². The largest absolute Gasteiger partial charge is 0.465 e. The molecule has 0 fully saturated rings. The molecular formula is C14H15NO4S. The molecule has 0 atom stereocenters. The molecule has 0 saturated carbocycles. The van der Waals surface area contributed by atoms with Crippen LogP contribution >= 0.6 is 11.3 Å². The average Bonchev–Trinajstić information content (AvgIpc) is 2.94. The van der Waals surface area contributed by atoms with Crippen molar-refractivity contribution in [3.63, 3.8) is 0 Å². The van der Waals surface area contributed by atoms with Crippen molar-refractivity contribution in [3.8, 4) is 0 Å². The van der Waals surface area contributed by atoms with E-state index >= 15 is 0 Å². The number of hydrogen-bond donors (Lipinski definition) is 1. The highest BCUT2D eigenvalue weighted by Gasteiger charge is 2.23. The number of methoxy groups -OCH3 is 1. The van der Waals surface area contributed by atoms with Crippen molar-refractivity contribution in [1.82, 2.24) is 0 Å². The van der Waals surface area contributed by atoms with E-state index in [4.69, 9.17) is 9.15 Å². The lowest BCUT2D eigenvalue weighted by Crippen LogP contribution is -2.14. The van der Waals surface area contributed by atoms with E-state index < -0.39 is 5.97 Å². The summed E-state index contributed by atoms with van der Waals surface area (Å²) in [4.78, 5) is 24.9. The first-order valence-electron chi connectivity index (χ1n) is 5.99. The van der Waals surface area contributed by atoms with Crippen molar-refractivity contribution in [2.24, 2.45) is 0 Å². The quantitative estimate of drug-likeness (QED) is 0.882. The van der Waals surface area contributed by atoms with Crippen molar-refractivity contribution in [2.45, 2.75) is 20.8 Å². The summed E-state index contributed by atoms with van der Waals surface area (Å²) in [6.07, 6.45) is 1.45. The van der Waals surface area contributed by atoms with Crippen LogP contribution in [0.4, 0.5) is 5.00 Å². The summed E-state index contributed by atoms with van der Waals surface area (Å²) in [5.41, 5.74) is 1.95. The fourth-order valence-electron chi connectivity index (χ4n) is 1.83. The molecule has 20 heavy (non-hydrogen) atoms. The Kier molecular flexibility index (Phi) is 3.94. The number of ether oxygens (including phenoxy) is 1. The first kappa shape index (κ1) is 14.3. The second-order valence-electron chi connectivity index (χ2n) is 4.37. The molecule has 0 aromatic carbocycles. The Hall–Kier alpha value is -2.08. The zero-order valence-electron chi connectivity index (χ0n) is 11.7. The summed E-state index contributed by atoms with van der Waals surface area (Å²) in [6.45, 7) is 5.50. The third-order valence-electron chi connectivity index (χ3n) is 3.07. The minimum absolute atomic E-state index is 0.240. The van der Waals surface area contributed by atoms with E-state index in [9.17, 15) is 9.59 Å². The van der Waals surface area contributed by atoms with E-state index in [0.717, 1.165) is 16.0 Å². The lowest BCUT2D eigenvalue weighted by atomic mass is 10.1. The molecule has 2 aromatic rings. The maximum absolute atomic E-state index is 12.1. The van der Waals surface area contributed by atoms with Crippen LogP contribution in [0.1, 0.15) is 36.9 Å². The zero-order chi connectivity index (χ0) is 14.9. The summed E-state index contributed by atoms with van der Waals surface area (Å²) < 4.78 is 9.90. The molecule has 1 N–H and O–H groups in total. The van der Waals surface area contributed by atoms with E-state index in [1.807, 2.05) is 13.8 Å². The molecule has 2 aromatic heterocycles. The van der Waals surface area contributed by atoms with Gasteiger partial charge in [-0.2, -0.15) is 0 Å². The topological polar surface area (TPSA) is 68.5 Å². The Morgan fingerprint density at radius 3 is 2.55 bits per heavy atom. The van der Waals surface area contributed by atoms with Crippen molar-refractivity contribution >= 4 is 28.2 Å². The van der Waals surface area contributed by atoms with Gasteiger partial charge in [0, 0.05) is 10.4 Å². The van der Waals surface area contributed by atoms with Crippen LogP contribution in [-0.4, -0.2) is 19.0 Å². The minimum atomic E-state index is -0.460. The third-order valence-corrected chi connectivity index (χ3v) is 4.19. The molecule has 106 valence electrons. The van der Waals surface area contributed by atoms with Crippen LogP contribution in [-0.2, 0) is 4.74 Å². The molecule has 0 bridgehead atoms. The van der Waals surface area contributed by atoms with Crippen LogP contribution in [0.15, 0.2) is 16.7 Å². The molecular weight excluding hydrogens is 278 g/mol. The number of hydrogen-bond acceptors (Lipinski definition) is 5. The fourth-order valence-corrected chi connectivity index (χ4v) is 2.87. The molecule has 0 aliphatic heterocycles. The van der Waals surface area contributed by atoms with Gasteiger partial charge >= 0.3 is 5.97 Å². The van der Waals surface area contributed by atoms with Gasteiger partial charge in [0.25, 0.3) is 5.91 Å². The molecule has 0 spiro atoms. The summed E-state index contributed by atoms with van der Waals surface area (Å²) in [5.74, 6) is -0.596. The van der Waals surface area contributed by atoms with E-state index in [1.165, 1.54) is 24.7 Å². The summed E-state index contributed by atoms with van der Waals surface area (Å²) in [5, 5.41) is 3.19. The average molecular weight is 293 g/mol. The number of aryl methyl sites for hydroxylation is 2. The highest BCUT2D eigenvalue weighted by atomic mass is 32.1. The number of thiophene rings is 1. The van der Waals surface area contributed by atoms with Crippen LogP contribution in [0, 0.1) is 20.8 Å². The molecule has 6 heteroatoms. The smallest absolute Gasteiger partial charge is 0.341 e. The molecule has 0 radical (unpaired) electrons. The number of carbonyl (C=O) groups excluding carboxylic acids is 2. The fraction of sp³-hybridized carbons (Fsp3) is 0.286. The van der Waals surface area contributed by atoms with Gasteiger partial charge in [-0.05, 0) is 32.4 Å². The summed E-state index contributed by atoms with van der Waals surface area (Å²) in [7, 11) is 1.32. The Morgan fingerprint density at radius 1 is 1.30 bits per heavy atom. The highest BCUT2D eigenvalue weighted by molar-refractivity contribution is 7.16. The van der Waals surface area contributed by atoms with Gasteiger partial charge < -0.3 is 14.5 Å². The second kappa shape index (κ2) is 5.50. The lowest BCUT2D eigenvalue weighted by Gasteiger charge is -2.05. The predicted molar refractivity (Wildman–Crippen MR) is 76.5 cm³/mol. The van der Waals surface area contributed by atoms with E-state index in [0.29, 0.717) is 10.6 Å². The Morgan fingerprint density at radius 2 is 2.00 bits per heavy atom. The first-order valence-corrected chi connectivity index (χ1v) is 6.81. The lowest BCUT2D eigenvalue weighted by molar-refractivity contribution is 0.0601. The maximum atomic E-state index is 12.1. The predicted octanol–water partition coefficient (Wildman–Crippen LogP) is 3.31. The van der Waals surface area contributed by atoms with Gasteiger partial charge in [-0.15, -0.1) is 11.3 Å². The monoisotopic (exact) mass is 293 g/mol. The summed E-state index contributed by atoms with van der Waals surface area (Å²) in [6, 6.07) is 1.71. The van der Waals surface area contributed by atoms with Gasteiger partial charge in [0.2, 0.25) is 0 Å². The number of carbonyl (C=O) groups is 2. The van der Waals surface area contributed by atoms with Gasteiger partial charge in [-0.3, -0.25) is 4.79 Å². The molecule has 2 rings (SSSR count). The highest BCUT2D eigenvalue weighted by Crippen LogP contribution is 2.33. The van der Waals surface area contributed by atoms with Crippen LogP contribution < -0.4 is 5.32 Å². The van der Waals surface area contributed by atoms with Crippen molar-refractivity contribution in [2.75, 3.05) is 12.4 Å². The zero-order valence-corrected chi connectivity index (χ0v) is 12.5. The maximum Gasteiger partial charge on any atom is 0.341 e.